The Kier molecular flexibility index (Phi) is 4.31. The van der Waals surface area contributed by atoms with Crippen LogP contribution in [0.15, 0.2) is 60.7 Å². The highest BCUT2D eigenvalue weighted by atomic mass is 32.1. The molecule has 2 nitrogen and oxygen atoms in total. The van der Waals surface area contributed by atoms with Crippen molar-refractivity contribution in [1.82, 2.24) is 0 Å². The van der Waals surface area contributed by atoms with Gasteiger partial charge in [0.1, 0.15) is 23.5 Å². The first-order valence-electron chi connectivity index (χ1n) is 8.99. The number of fused-ring (bicyclic) bond motifs is 2. The fourth-order valence-corrected chi connectivity index (χ4v) is 7.08. The van der Waals surface area contributed by atoms with E-state index in [0.29, 0.717) is 0 Å². The third kappa shape index (κ3) is 3.10. The van der Waals surface area contributed by atoms with Crippen molar-refractivity contribution < 1.29 is 9.13 Å². The van der Waals surface area contributed by atoms with E-state index in [4.69, 9.17) is 0 Å². The topological polar surface area (TPSA) is 7.76 Å². The summed E-state index contributed by atoms with van der Waals surface area (Å²) in [4.78, 5) is 2.88. The minimum absolute atomic E-state index is 1.01. The van der Waals surface area contributed by atoms with Gasteiger partial charge in [0, 0.05) is 21.9 Å². The second-order valence-electron chi connectivity index (χ2n) is 6.77. The second-order valence-corrected chi connectivity index (χ2v) is 10.2. The molecule has 0 bridgehead atoms. The molecule has 0 aliphatic heterocycles. The molecular formula is C22H20N2S3+2. The van der Waals surface area contributed by atoms with Gasteiger partial charge in [-0.25, -0.2) is 0 Å². The summed E-state index contributed by atoms with van der Waals surface area (Å²) in [6, 6.07) is 21.9. The Balaban J connectivity index is 1.40. The minimum Gasteiger partial charge on any atom is -0.188 e. The first-order chi connectivity index (χ1) is 13.2. The molecule has 0 radical (unpaired) electrons. The van der Waals surface area contributed by atoms with Crippen molar-refractivity contribution in [2.45, 2.75) is 12.8 Å². The van der Waals surface area contributed by atoms with Crippen LogP contribution in [-0.2, 0) is 26.9 Å². The van der Waals surface area contributed by atoms with Gasteiger partial charge in [-0.2, -0.15) is 9.13 Å². The summed E-state index contributed by atoms with van der Waals surface area (Å²) in [5.41, 5.74) is 2.65. The third-order valence-electron chi connectivity index (χ3n) is 5.03. The highest BCUT2D eigenvalue weighted by Gasteiger charge is 2.20. The molecule has 0 saturated carbocycles. The van der Waals surface area contributed by atoms with Gasteiger partial charge in [0.2, 0.25) is 21.0 Å². The molecule has 3 heterocycles. The number of para-hydroxylation sites is 2. The van der Waals surface area contributed by atoms with Crippen LogP contribution in [0.1, 0.15) is 19.8 Å². The van der Waals surface area contributed by atoms with Crippen molar-refractivity contribution in [3.63, 3.8) is 0 Å². The molecule has 3 aromatic heterocycles. The van der Waals surface area contributed by atoms with Crippen LogP contribution in [0.5, 0.6) is 0 Å². The molecule has 0 atom stereocenters. The molecule has 5 aromatic rings. The number of hydrogen-bond donors (Lipinski definition) is 0. The molecule has 0 N–H and O–H groups in total. The number of benzene rings is 2. The van der Waals surface area contributed by atoms with Gasteiger partial charge < -0.3 is 0 Å². The minimum atomic E-state index is 1.01. The number of rotatable bonds is 4. The summed E-state index contributed by atoms with van der Waals surface area (Å²) < 4.78 is 7.41. The van der Waals surface area contributed by atoms with E-state index < -0.39 is 0 Å². The first-order valence-corrected chi connectivity index (χ1v) is 11.4. The first kappa shape index (κ1) is 17.0. The molecule has 134 valence electrons. The second kappa shape index (κ2) is 6.82. The smallest absolute Gasteiger partial charge is 0.188 e. The predicted molar refractivity (Wildman–Crippen MR) is 116 cm³/mol. The maximum Gasteiger partial charge on any atom is 0.243 e. The molecule has 0 unspecified atom stereocenters. The summed E-state index contributed by atoms with van der Waals surface area (Å²) >= 11 is 5.76. The van der Waals surface area contributed by atoms with Crippen LogP contribution < -0.4 is 9.13 Å². The number of thiazole rings is 2. The summed E-state index contributed by atoms with van der Waals surface area (Å²) in [6.45, 7) is 0. The summed E-state index contributed by atoms with van der Waals surface area (Å²) in [5.74, 6) is 0. The molecule has 0 aliphatic carbocycles. The SMILES string of the molecule is C[n+]1c(Cc2ccc(Cc3sc4ccccc4[n+]3C)s2)sc2ccccc21. The molecule has 27 heavy (non-hydrogen) atoms. The lowest BCUT2D eigenvalue weighted by Gasteiger charge is -1.93. The quantitative estimate of drug-likeness (QED) is 0.369. The van der Waals surface area contributed by atoms with Crippen LogP contribution in [0.2, 0.25) is 0 Å². The number of aromatic nitrogens is 2. The Morgan fingerprint density at radius 3 is 1.48 bits per heavy atom. The molecule has 0 spiro atoms. The standard InChI is InChI=1S/C22H20N2S3/c1-23-17-7-3-5-9-19(17)26-21(23)13-15-11-12-16(25-15)14-22-24(2)18-8-4-6-10-20(18)27-22/h3-12H,13-14H2,1-2H3/q+2. The molecule has 0 saturated heterocycles. The van der Waals surface area contributed by atoms with Crippen LogP contribution in [0.3, 0.4) is 0 Å². The van der Waals surface area contributed by atoms with E-state index in [9.17, 15) is 0 Å². The lowest BCUT2D eigenvalue weighted by molar-refractivity contribution is -0.647. The van der Waals surface area contributed by atoms with E-state index in [1.54, 1.807) is 0 Å². The molecule has 5 heteroatoms. The van der Waals surface area contributed by atoms with Crippen molar-refractivity contribution in [2.24, 2.45) is 14.1 Å². The Labute approximate surface area is 170 Å². The zero-order valence-electron chi connectivity index (χ0n) is 15.3. The average molecular weight is 409 g/mol. The molecule has 0 fully saturated rings. The molecule has 0 aliphatic rings. The van der Waals surface area contributed by atoms with E-state index in [1.807, 2.05) is 34.0 Å². The van der Waals surface area contributed by atoms with E-state index in [1.165, 1.54) is 40.2 Å². The summed E-state index contributed by atoms with van der Waals surface area (Å²) in [5, 5.41) is 2.83. The number of aryl methyl sites for hydroxylation is 2. The Hall–Kier alpha value is -2.08. The largest absolute Gasteiger partial charge is 0.243 e. The number of thiophene rings is 1. The van der Waals surface area contributed by atoms with Crippen molar-refractivity contribution in [3.05, 3.63) is 80.4 Å². The van der Waals surface area contributed by atoms with E-state index >= 15 is 0 Å². The van der Waals surface area contributed by atoms with Crippen LogP contribution in [0.25, 0.3) is 20.4 Å². The van der Waals surface area contributed by atoms with Crippen LogP contribution in [0, 0.1) is 0 Å². The van der Waals surface area contributed by atoms with E-state index in [-0.39, 0.29) is 0 Å². The third-order valence-corrected chi connectivity index (χ3v) is 8.55. The predicted octanol–water partition coefficient (Wildman–Crippen LogP) is 5.01. The van der Waals surface area contributed by atoms with Crippen molar-refractivity contribution in [3.8, 4) is 0 Å². The van der Waals surface area contributed by atoms with Crippen LogP contribution in [0.4, 0.5) is 0 Å². The number of nitrogens with zero attached hydrogens (tertiary/aromatic N) is 2. The molecular weight excluding hydrogens is 388 g/mol. The summed E-state index contributed by atoms with van der Waals surface area (Å²) in [7, 11) is 4.36. The van der Waals surface area contributed by atoms with Crippen molar-refractivity contribution in [1.29, 1.82) is 0 Å². The lowest BCUT2D eigenvalue weighted by atomic mass is 10.3. The van der Waals surface area contributed by atoms with Crippen molar-refractivity contribution >= 4 is 54.4 Å². The fourth-order valence-electron chi connectivity index (χ4n) is 3.52. The zero-order valence-corrected chi connectivity index (χ0v) is 17.8. The van der Waals surface area contributed by atoms with Crippen LogP contribution >= 0.6 is 34.0 Å². The van der Waals surface area contributed by atoms with Gasteiger partial charge in [-0.1, -0.05) is 46.9 Å². The normalized spacial score (nSPS) is 11.6. The van der Waals surface area contributed by atoms with Gasteiger partial charge in [0.15, 0.2) is 0 Å². The Bertz CT molecular complexity index is 1160. The lowest BCUT2D eigenvalue weighted by Crippen LogP contribution is -2.30. The highest BCUT2D eigenvalue weighted by molar-refractivity contribution is 7.19. The van der Waals surface area contributed by atoms with E-state index in [2.05, 4.69) is 83.9 Å². The highest BCUT2D eigenvalue weighted by Crippen LogP contribution is 2.28. The van der Waals surface area contributed by atoms with Gasteiger partial charge in [-0.05, 0) is 24.3 Å². The maximum atomic E-state index is 2.34. The fraction of sp³-hybridized carbons (Fsp3) is 0.182. The Morgan fingerprint density at radius 2 is 1.04 bits per heavy atom. The number of hydrogen-bond acceptors (Lipinski definition) is 3. The van der Waals surface area contributed by atoms with Crippen molar-refractivity contribution in [2.75, 3.05) is 0 Å². The van der Waals surface area contributed by atoms with Gasteiger partial charge in [0.05, 0.1) is 12.8 Å². The monoisotopic (exact) mass is 408 g/mol. The van der Waals surface area contributed by atoms with Gasteiger partial charge in [-0.15, -0.1) is 11.3 Å². The molecule has 2 aromatic carbocycles. The van der Waals surface area contributed by atoms with E-state index in [0.717, 1.165) is 12.8 Å². The zero-order chi connectivity index (χ0) is 18.4. The molecule has 5 rings (SSSR count). The maximum absolute atomic E-state index is 2.34. The summed E-state index contributed by atoms with van der Waals surface area (Å²) in [6.07, 6.45) is 2.03. The van der Waals surface area contributed by atoms with Crippen LogP contribution in [-0.4, -0.2) is 0 Å². The Morgan fingerprint density at radius 1 is 0.593 bits per heavy atom. The molecule has 0 amide bonds. The van der Waals surface area contributed by atoms with Gasteiger partial charge >= 0.3 is 0 Å². The average Bonchev–Trinajstić information content (AvgIpc) is 3.35. The van der Waals surface area contributed by atoms with Gasteiger partial charge in [0.25, 0.3) is 0 Å². The van der Waals surface area contributed by atoms with Gasteiger partial charge in [-0.3, -0.25) is 0 Å².